The molecule has 2 aromatic rings. The van der Waals surface area contributed by atoms with E-state index in [0.717, 1.165) is 12.1 Å². The Bertz CT molecular complexity index is 665. The van der Waals surface area contributed by atoms with E-state index in [1.807, 2.05) is 0 Å². The molecule has 8 heteroatoms. The zero-order valence-corrected chi connectivity index (χ0v) is 12.7. The van der Waals surface area contributed by atoms with E-state index in [0.29, 0.717) is 16.4 Å². The molecule has 114 valence electrons. The summed E-state index contributed by atoms with van der Waals surface area (Å²) in [5.41, 5.74) is 0.815. The van der Waals surface area contributed by atoms with Gasteiger partial charge in [0.05, 0.1) is 28.5 Å². The minimum absolute atomic E-state index is 0.0135. The normalized spacial score (nSPS) is 11.8. The number of rotatable bonds is 3. The van der Waals surface area contributed by atoms with Gasteiger partial charge in [-0.05, 0) is 25.1 Å². The Kier molecular flexibility index (Phi) is 4.39. The van der Waals surface area contributed by atoms with Gasteiger partial charge >= 0.3 is 6.18 Å². The van der Waals surface area contributed by atoms with E-state index in [1.165, 1.54) is 6.07 Å². The molecule has 1 aromatic carbocycles. The van der Waals surface area contributed by atoms with Crippen LogP contribution in [0.4, 0.5) is 18.9 Å². The van der Waals surface area contributed by atoms with E-state index in [1.54, 1.807) is 18.7 Å². The molecule has 0 saturated heterocycles. The van der Waals surface area contributed by atoms with Gasteiger partial charge in [0.15, 0.2) is 0 Å². The molecule has 0 fully saturated rings. The van der Waals surface area contributed by atoms with Crippen molar-refractivity contribution in [2.45, 2.75) is 19.6 Å². The molecular weight excluding hydrogens is 326 g/mol. The molecule has 0 radical (unpaired) electrons. The van der Waals surface area contributed by atoms with Crippen LogP contribution in [-0.4, -0.2) is 9.78 Å². The van der Waals surface area contributed by atoms with E-state index >= 15 is 0 Å². The lowest BCUT2D eigenvalue weighted by Crippen LogP contribution is -2.08. The molecule has 0 saturated carbocycles. The summed E-state index contributed by atoms with van der Waals surface area (Å²) in [4.78, 5) is 0. The van der Waals surface area contributed by atoms with Gasteiger partial charge in [0.1, 0.15) is 0 Å². The van der Waals surface area contributed by atoms with Crippen molar-refractivity contribution in [3.8, 4) is 0 Å². The number of aromatic nitrogens is 2. The zero-order valence-electron chi connectivity index (χ0n) is 11.2. The maximum absolute atomic E-state index is 12.7. The number of anilines is 1. The first-order chi connectivity index (χ1) is 9.68. The molecular formula is C13H12Cl2F3N3. The van der Waals surface area contributed by atoms with E-state index in [4.69, 9.17) is 23.2 Å². The molecule has 0 bridgehead atoms. The van der Waals surface area contributed by atoms with Crippen LogP contribution in [0.3, 0.4) is 0 Å². The van der Waals surface area contributed by atoms with Gasteiger partial charge in [-0.2, -0.15) is 18.3 Å². The smallest absolute Gasteiger partial charge is 0.379 e. The summed E-state index contributed by atoms with van der Waals surface area (Å²) < 4.78 is 39.7. The molecule has 0 aliphatic carbocycles. The molecule has 3 nitrogen and oxygen atoms in total. The van der Waals surface area contributed by atoms with E-state index < -0.39 is 11.7 Å². The summed E-state index contributed by atoms with van der Waals surface area (Å²) in [5.74, 6) is 0. The lowest BCUT2D eigenvalue weighted by atomic mass is 10.2. The Labute approximate surface area is 129 Å². The highest BCUT2D eigenvalue weighted by atomic mass is 35.5. The molecule has 0 spiro atoms. The first-order valence-electron chi connectivity index (χ1n) is 5.98. The predicted molar refractivity (Wildman–Crippen MR) is 76.7 cm³/mol. The number of aryl methyl sites for hydroxylation is 2. The highest BCUT2D eigenvalue weighted by Gasteiger charge is 2.31. The minimum atomic E-state index is -4.44. The molecule has 21 heavy (non-hydrogen) atoms. The zero-order chi connectivity index (χ0) is 15.8. The van der Waals surface area contributed by atoms with Gasteiger partial charge in [-0.25, -0.2) is 0 Å². The van der Waals surface area contributed by atoms with Crippen molar-refractivity contribution in [2.24, 2.45) is 7.05 Å². The second kappa shape index (κ2) is 5.77. The maximum Gasteiger partial charge on any atom is 0.416 e. The second-order valence-electron chi connectivity index (χ2n) is 4.55. The highest BCUT2D eigenvalue weighted by molar-refractivity contribution is 6.32. The van der Waals surface area contributed by atoms with Crippen molar-refractivity contribution in [1.82, 2.24) is 9.78 Å². The van der Waals surface area contributed by atoms with Crippen molar-refractivity contribution >= 4 is 28.9 Å². The van der Waals surface area contributed by atoms with Crippen molar-refractivity contribution < 1.29 is 13.2 Å². The van der Waals surface area contributed by atoms with E-state index in [-0.39, 0.29) is 17.3 Å². The summed E-state index contributed by atoms with van der Waals surface area (Å²) in [5, 5.41) is 7.52. The average Bonchev–Trinajstić information content (AvgIpc) is 2.59. The third kappa shape index (κ3) is 3.63. The van der Waals surface area contributed by atoms with Crippen molar-refractivity contribution in [3.05, 3.63) is 45.2 Å². The molecule has 1 N–H and O–H groups in total. The number of nitrogens with zero attached hydrogens (tertiary/aromatic N) is 2. The van der Waals surface area contributed by atoms with E-state index in [9.17, 15) is 13.2 Å². The monoisotopic (exact) mass is 337 g/mol. The fraction of sp³-hybridized carbons (Fsp3) is 0.308. The van der Waals surface area contributed by atoms with Crippen LogP contribution in [0.2, 0.25) is 10.0 Å². The van der Waals surface area contributed by atoms with Crippen LogP contribution in [-0.2, 0) is 19.8 Å². The number of benzene rings is 1. The molecule has 1 aromatic heterocycles. The van der Waals surface area contributed by atoms with Gasteiger partial charge in [-0.15, -0.1) is 0 Å². The van der Waals surface area contributed by atoms with Crippen LogP contribution in [0, 0.1) is 6.92 Å². The molecule has 0 atom stereocenters. The summed E-state index contributed by atoms with van der Waals surface area (Å²) >= 11 is 11.8. The molecule has 0 amide bonds. The van der Waals surface area contributed by atoms with Gasteiger partial charge in [0.2, 0.25) is 0 Å². The lowest BCUT2D eigenvalue weighted by Gasteiger charge is -2.12. The average molecular weight is 338 g/mol. The standard InChI is InChI=1S/C13H12Cl2F3N3/c1-7-12(15)11(21(2)20-7)6-19-10-4-8(13(16,17)18)3-9(14)5-10/h3-5,19H,6H2,1-2H3. The second-order valence-corrected chi connectivity index (χ2v) is 5.36. The molecule has 0 aliphatic rings. The van der Waals surface area contributed by atoms with Crippen LogP contribution in [0.15, 0.2) is 18.2 Å². The quantitative estimate of drug-likeness (QED) is 0.882. The first kappa shape index (κ1) is 16.0. The minimum Gasteiger partial charge on any atom is -0.379 e. The van der Waals surface area contributed by atoms with Crippen LogP contribution in [0.25, 0.3) is 0 Å². The van der Waals surface area contributed by atoms with Gasteiger partial charge < -0.3 is 5.32 Å². The largest absolute Gasteiger partial charge is 0.416 e. The van der Waals surface area contributed by atoms with Crippen molar-refractivity contribution in [1.29, 1.82) is 0 Å². The molecule has 2 rings (SSSR count). The number of nitrogens with one attached hydrogen (secondary N) is 1. The summed E-state index contributed by atoms with van der Waals surface area (Å²) in [6.07, 6.45) is -4.44. The Hall–Kier alpha value is -1.40. The third-order valence-electron chi connectivity index (χ3n) is 2.95. The van der Waals surface area contributed by atoms with Crippen LogP contribution in [0.5, 0.6) is 0 Å². The van der Waals surface area contributed by atoms with Crippen molar-refractivity contribution in [3.63, 3.8) is 0 Å². The first-order valence-corrected chi connectivity index (χ1v) is 6.73. The number of hydrogen-bond donors (Lipinski definition) is 1. The fourth-order valence-corrected chi connectivity index (χ4v) is 2.38. The molecule has 0 aliphatic heterocycles. The number of alkyl halides is 3. The summed E-state index contributed by atoms with van der Waals surface area (Å²) in [7, 11) is 1.72. The van der Waals surface area contributed by atoms with Crippen LogP contribution >= 0.6 is 23.2 Å². The Balaban J connectivity index is 2.22. The molecule has 0 unspecified atom stereocenters. The van der Waals surface area contributed by atoms with Crippen molar-refractivity contribution in [2.75, 3.05) is 5.32 Å². The molecule has 1 heterocycles. The summed E-state index contributed by atoms with van der Waals surface area (Å²) in [6.45, 7) is 2.00. The third-order valence-corrected chi connectivity index (χ3v) is 3.66. The highest BCUT2D eigenvalue weighted by Crippen LogP contribution is 2.33. The van der Waals surface area contributed by atoms with E-state index in [2.05, 4.69) is 10.4 Å². The van der Waals surface area contributed by atoms with Gasteiger partial charge in [0.25, 0.3) is 0 Å². The van der Waals surface area contributed by atoms with Gasteiger partial charge in [-0.1, -0.05) is 23.2 Å². The Morgan fingerprint density at radius 1 is 1.24 bits per heavy atom. The topological polar surface area (TPSA) is 29.9 Å². The maximum atomic E-state index is 12.7. The summed E-state index contributed by atoms with van der Waals surface area (Å²) in [6, 6.07) is 3.31. The van der Waals surface area contributed by atoms with Crippen LogP contribution < -0.4 is 5.32 Å². The SMILES string of the molecule is Cc1nn(C)c(CNc2cc(Cl)cc(C(F)(F)F)c2)c1Cl. The Morgan fingerprint density at radius 3 is 2.43 bits per heavy atom. The lowest BCUT2D eigenvalue weighted by molar-refractivity contribution is -0.137. The predicted octanol–water partition coefficient (Wildman–Crippen LogP) is 4.67. The fourth-order valence-electron chi connectivity index (χ4n) is 1.91. The van der Waals surface area contributed by atoms with Gasteiger partial charge in [-0.3, -0.25) is 4.68 Å². The Morgan fingerprint density at radius 2 is 1.90 bits per heavy atom. The number of halogens is 5. The van der Waals surface area contributed by atoms with Gasteiger partial charge in [0, 0.05) is 17.8 Å². The number of hydrogen-bond acceptors (Lipinski definition) is 2. The van der Waals surface area contributed by atoms with Crippen LogP contribution in [0.1, 0.15) is 17.0 Å².